The standard InChI is InChI=1S/C20H23N5O3/c1-11-18(20(24-28-11)27-10-12-6-15(21)7-12)14-4-5-25-16(8-14)9-17(23-25)22-19(26)13-2-3-13/h4-5,8-9,12-13,15H,2-3,6-7,10,21H2,1H3,(H,22,23,26). The highest BCUT2D eigenvalue weighted by molar-refractivity contribution is 5.93. The lowest BCUT2D eigenvalue weighted by atomic mass is 9.82. The van der Waals surface area contributed by atoms with Crippen LogP contribution in [0.5, 0.6) is 5.88 Å². The molecule has 3 heterocycles. The molecule has 3 aromatic rings. The second-order valence-corrected chi connectivity index (χ2v) is 7.91. The van der Waals surface area contributed by atoms with Crippen LogP contribution in [0.15, 0.2) is 28.9 Å². The Labute approximate surface area is 162 Å². The quantitative estimate of drug-likeness (QED) is 0.680. The third-order valence-electron chi connectivity index (χ3n) is 5.51. The van der Waals surface area contributed by atoms with Crippen LogP contribution in [0.4, 0.5) is 5.82 Å². The highest BCUT2D eigenvalue weighted by atomic mass is 16.5. The number of hydrogen-bond acceptors (Lipinski definition) is 6. The highest BCUT2D eigenvalue weighted by Crippen LogP contribution is 2.35. The molecule has 8 nitrogen and oxygen atoms in total. The Bertz CT molecular complexity index is 1030. The van der Waals surface area contributed by atoms with Crippen molar-refractivity contribution >= 4 is 17.2 Å². The van der Waals surface area contributed by atoms with Crippen molar-refractivity contribution in [1.82, 2.24) is 14.8 Å². The van der Waals surface area contributed by atoms with Crippen LogP contribution in [0.1, 0.15) is 31.4 Å². The Balaban J connectivity index is 1.38. The van der Waals surface area contributed by atoms with E-state index in [9.17, 15) is 4.79 Å². The minimum atomic E-state index is 0.0462. The number of aryl methyl sites for hydroxylation is 1. The predicted molar refractivity (Wildman–Crippen MR) is 103 cm³/mol. The molecule has 0 saturated heterocycles. The first-order chi connectivity index (χ1) is 13.6. The van der Waals surface area contributed by atoms with Crippen LogP contribution in [0, 0.1) is 18.8 Å². The number of carbonyl (C=O) groups is 1. The van der Waals surface area contributed by atoms with Crippen LogP contribution >= 0.6 is 0 Å². The summed E-state index contributed by atoms with van der Waals surface area (Å²) in [5.41, 5.74) is 8.50. The SMILES string of the molecule is Cc1onc(OCC2CC(N)C2)c1-c1ccn2nc(NC(=O)C3CC3)cc2c1. The molecule has 0 aliphatic heterocycles. The molecule has 5 rings (SSSR count). The van der Waals surface area contributed by atoms with Gasteiger partial charge in [-0.2, -0.15) is 5.10 Å². The molecule has 8 heteroatoms. The number of nitrogens with two attached hydrogens (primary N) is 1. The van der Waals surface area contributed by atoms with Gasteiger partial charge in [0.2, 0.25) is 5.91 Å². The maximum Gasteiger partial charge on any atom is 0.262 e. The van der Waals surface area contributed by atoms with Gasteiger partial charge in [-0.3, -0.25) is 4.79 Å². The summed E-state index contributed by atoms with van der Waals surface area (Å²) in [4.78, 5) is 12.0. The molecule has 0 bridgehead atoms. The molecule has 2 fully saturated rings. The summed E-state index contributed by atoms with van der Waals surface area (Å²) >= 11 is 0. The van der Waals surface area contributed by atoms with Crippen LogP contribution < -0.4 is 15.8 Å². The Kier molecular flexibility index (Phi) is 4.08. The van der Waals surface area contributed by atoms with Gasteiger partial charge in [-0.25, -0.2) is 4.52 Å². The van der Waals surface area contributed by atoms with Gasteiger partial charge in [0, 0.05) is 24.2 Å². The van der Waals surface area contributed by atoms with Gasteiger partial charge in [-0.15, -0.1) is 0 Å². The minimum absolute atomic E-state index is 0.0462. The molecular weight excluding hydrogens is 358 g/mol. The maximum absolute atomic E-state index is 12.0. The molecule has 146 valence electrons. The molecule has 0 atom stereocenters. The zero-order valence-corrected chi connectivity index (χ0v) is 15.7. The third kappa shape index (κ3) is 3.24. The Hall–Kier alpha value is -2.87. The average Bonchev–Trinajstić information content (AvgIpc) is 3.33. The van der Waals surface area contributed by atoms with E-state index >= 15 is 0 Å². The molecule has 2 saturated carbocycles. The van der Waals surface area contributed by atoms with Gasteiger partial charge < -0.3 is 20.3 Å². The number of rotatable bonds is 6. The van der Waals surface area contributed by atoms with Gasteiger partial charge in [0.15, 0.2) is 5.82 Å². The summed E-state index contributed by atoms with van der Waals surface area (Å²) in [6.07, 6.45) is 5.77. The third-order valence-corrected chi connectivity index (χ3v) is 5.51. The molecule has 3 aromatic heterocycles. The molecule has 28 heavy (non-hydrogen) atoms. The molecule has 0 unspecified atom stereocenters. The Morgan fingerprint density at radius 2 is 2.21 bits per heavy atom. The molecule has 3 N–H and O–H groups in total. The number of anilines is 1. The van der Waals surface area contributed by atoms with Crippen molar-refractivity contribution in [3.63, 3.8) is 0 Å². The summed E-state index contributed by atoms with van der Waals surface area (Å²) in [5, 5.41) is 11.4. The minimum Gasteiger partial charge on any atom is -0.475 e. The van der Waals surface area contributed by atoms with E-state index in [1.165, 1.54) is 0 Å². The summed E-state index contributed by atoms with van der Waals surface area (Å²) in [6.45, 7) is 2.47. The van der Waals surface area contributed by atoms with Gasteiger partial charge >= 0.3 is 0 Å². The molecule has 2 aliphatic carbocycles. The van der Waals surface area contributed by atoms with Crippen molar-refractivity contribution in [1.29, 1.82) is 0 Å². The number of amides is 1. The Morgan fingerprint density at radius 1 is 1.39 bits per heavy atom. The van der Waals surface area contributed by atoms with Crippen molar-refractivity contribution in [2.75, 3.05) is 11.9 Å². The second-order valence-electron chi connectivity index (χ2n) is 7.91. The molecule has 2 aliphatic rings. The van der Waals surface area contributed by atoms with E-state index in [1.807, 2.05) is 31.3 Å². The van der Waals surface area contributed by atoms with E-state index in [1.54, 1.807) is 4.52 Å². The summed E-state index contributed by atoms with van der Waals surface area (Å²) in [7, 11) is 0. The van der Waals surface area contributed by atoms with E-state index in [4.69, 9.17) is 15.0 Å². The molecule has 1 amide bonds. The number of nitrogens with one attached hydrogen (secondary N) is 1. The number of nitrogens with zero attached hydrogens (tertiary/aromatic N) is 3. The van der Waals surface area contributed by atoms with Gasteiger partial charge in [0.05, 0.1) is 17.7 Å². The van der Waals surface area contributed by atoms with E-state index in [-0.39, 0.29) is 11.8 Å². The monoisotopic (exact) mass is 381 g/mol. The number of pyridine rings is 1. The second kappa shape index (κ2) is 6.63. The smallest absolute Gasteiger partial charge is 0.262 e. The first-order valence-electron chi connectivity index (χ1n) is 9.72. The number of ether oxygens (including phenoxy) is 1. The number of carbonyl (C=O) groups excluding carboxylic acids is 1. The normalized spacial score (nSPS) is 21.5. The molecule has 0 spiro atoms. The van der Waals surface area contributed by atoms with Crippen molar-refractivity contribution in [3.05, 3.63) is 30.2 Å². The van der Waals surface area contributed by atoms with E-state index in [0.717, 1.165) is 42.3 Å². The van der Waals surface area contributed by atoms with Crippen LogP contribution in [-0.4, -0.2) is 33.3 Å². The summed E-state index contributed by atoms with van der Waals surface area (Å²) in [5.74, 6) is 2.44. The van der Waals surface area contributed by atoms with Gasteiger partial charge in [0.1, 0.15) is 5.76 Å². The van der Waals surface area contributed by atoms with Crippen LogP contribution in [-0.2, 0) is 4.79 Å². The zero-order valence-electron chi connectivity index (χ0n) is 15.7. The lowest BCUT2D eigenvalue weighted by Crippen LogP contribution is -2.39. The van der Waals surface area contributed by atoms with E-state index < -0.39 is 0 Å². The van der Waals surface area contributed by atoms with Crippen molar-refractivity contribution in [2.24, 2.45) is 17.6 Å². The van der Waals surface area contributed by atoms with Crippen molar-refractivity contribution < 1.29 is 14.1 Å². The molecular formula is C20H23N5O3. The van der Waals surface area contributed by atoms with Crippen LogP contribution in [0.25, 0.3) is 16.6 Å². The van der Waals surface area contributed by atoms with Crippen molar-refractivity contribution in [2.45, 2.75) is 38.6 Å². The number of fused-ring (bicyclic) bond motifs is 1. The summed E-state index contributed by atoms with van der Waals surface area (Å²) in [6, 6.07) is 6.10. The lowest BCUT2D eigenvalue weighted by molar-refractivity contribution is -0.117. The highest BCUT2D eigenvalue weighted by Gasteiger charge is 2.30. The topological polar surface area (TPSA) is 108 Å². The molecule has 0 aromatic carbocycles. The summed E-state index contributed by atoms with van der Waals surface area (Å²) < 4.78 is 13.0. The van der Waals surface area contributed by atoms with Crippen LogP contribution in [0.2, 0.25) is 0 Å². The van der Waals surface area contributed by atoms with E-state index in [0.29, 0.717) is 36.0 Å². The first-order valence-corrected chi connectivity index (χ1v) is 9.72. The fourth-order valence-electron chi connectivity index (χ4n) is 3.68. The van der Waals surface area contributed by atoms with Gasteiger partial charge in [0.25, 0.3) is 5.88 Å². The van der Waals surface area contributed by atoms with Crippen molar-refractivity contribution in [3.8, 4) is 17.0 Å². The molecule has 0 radical (unpaired) electrons. The van der Waals surface area contributed by atoms with E-state index in [2.05, 4.69) is 15.6 Å². The largest absolute Gasteiger partial charge is 0.475 e. The van der Waals surface area contributed by atoms with Gasteiger partial charge in [-0.05, 0) is 61.4 Å². The average molecular weight is 381 g/mol. The van der Waals surface area contributed by atoms with Gasteiger partial charge in [-0.1, -0.05) is 0 Å². The van der Waals surface area contributed by atoms with Crippen LogP contribution in [0.3, 0.4) is 0 Å². The predicted octanol–water partition coefficient (Wildman–Crippen LogP) is 2.76. The fraction of sp³-hybridized carbons (Fsp3) is 0.450. The first kappa shape index (κ1) is 17.2. The fourth-order valence-corrected chi connectivity index (χ4v) is 3.68. The lowest BCUT2D eigenvalue weighted by Gasteiger charge is -2.31. The maximum atomic E-state index is 12.0. The number of hydrogen-bond donors (Lipinski definition) is 2. The Morgan fingerprint density at radius 3 is 2.96 bits per heavy atom. The zero-order chi connectivity index (χ0) is 19.3. The number of aromatic nitrogens is 3.